The second kappa shape index (κ2) is 6.74. The van der Waals surface area contributed by atoms with Crippen LogP contribution >= 0.6 is 0 Å². The van der Waals surface area contributed by atoms with Crippen LogP contribution in [-0.2, 0) is 22.4 Å². The van der Waals surface area contributed by atoms with Gasteiger partial charge in [-0.2, -0.15) is 0 Å². The summed E-state index contributed by atoms with van der Waals surface area (Å²) >= 11 is 0. The molecular formula is C14H17N3O4. The predicted molar refractivity (Wildman–Crippen MR) is 74.8 cm³/mol. The van der Waals surface area contributed by atoms with E-state index in [1.54, 1.807) is 0 Å². The first-order valence-electron chi connectivity index (χ1n) is 6.64. The minimum atomic E-state index is -1.13. The van der Waals surface area contributed by atoms with E-state index < -0.39 is 24.5 Å². The lowest BCUT2D eigenvalue weighted by Crippen LogP contribution is -2.46. The molecule has 0 radical (unpaired) electrons. The van der Waals surface area contributed by atoms with Gasteiger partial charge in [-0.1, -0.05) is 24.3 Å². The van der Waals surface area contributed by atoms with E-state index in [1.807, 2.05) is 24.3 Å². The van der Waals surface area contributed by atoms with Gasteiger partial charge in [0.1, 0.15) is 6.54 Å². The van der Waals surface area contributed by atoms with Crippen LogP contribution < -0.4 is 16.0 Å². The van der Waals surface area contributed by atoms with E-state index in [0.29, 0.717) is 0 Å². The number of hydrogen-bond acceptors (Lipinski definition) is 3. The molecule has 1 aliphatic rings. The van der Waals surface area contributed by atoms with E-state index in [2.05, 4.69) is 16.0 Å². The Morgan fingerprint density at radius 3 is 2.24 bits per heavy atom. The van der Waals surface area contributed by atoms with Crippen LogP contribution in [0.25, 0.3) is 0 Å². The van der Waals surface area contributed by atoms with Crippen LogP contribution in [0.2, 0.25) is 0 Å². The van der Waals surface area contributed by atoms with E-state index in [0.717, 1.165) is 12.8 Å². The van der Waals surface area contributed by atoms with Gasteiger partial charge < -0.3 is 21.1 Å². The molecule has 7 nitrogen and oxygen atoms in total. The van der Waals surface area contributed by atoms with Crippen LogP contribution in [0.5, 0.6) is 0 Å². The summed E-state index contributed by atoms with van der Waals surface area (Å²) in [6.07, 6.45) is 1.55. The summed E-state index contributed by atoms with van der Waals surface area (Å²) in [4.78, 5) is 33.2. The molecule has 0 spiro atoms. The number of carbonyl (C=O) groups excluding carboxylic acids is 2. The van der Waals surface area contributed by atoms with Crippen LogP contribution in [0.3, 0.4) is 0 Å². The predicted octanol–water partition coefficient (Wildman–Crippen LogP) is -0.346. The number of benzene rings is 1. The molecule has 7 heteroatoms. The maximum Gasteiger partial charge on any atom is 0.322 e. The third-order valence-electron chi connectivity index (χ3n) is 3.23. The molecule has 0 aromatic heterocycles. The third-order valence-corrected chi connectivity index (χ3v) is 3.23. The number of amides is 3. The van der Waals surface area contributed by atoms with E-state index in [4.69, 9.17) is 5.11 Å². The van der Waals surface area contributed by atoms with Gasteiger partial charge >= 0.3 is 12.0 Å². The number of nitrogens with one attached hydrogen (secondary N) is 3. The van der Waals surface area contributed by atoms with Crippen LogP contribution in [0, 0.1) is 0 Å². The van der Waals surface area contributed by atoms with Crippen LogP contribution in [0.1, 0.15) is 11.1 Å². The van der Waals surface area contributed by atoms with Crippen molar-refractivity contribution in [1.29, 1.82) is 0 Å². The second-order valence-electron chi connectivity index (χ2n) is 4.87. The smallest absolute Gasteiger partial charge is 0.322 e. The number of hydrogen-bond donors (Lipinski definition) is 4. The number of aliphatic carboxylic acids is 1. The number of rotatable bonds is 5. The monoisotopic (exact) mass is 291 g/mol. The lowest BCUT2D eigenvalue weighted by atomic mass is 10.1. The fourth-order valence-electron chi connectivity index (χ4n) is 2.29. The van der Waals surface area contributed by atoms with Gasteiger partial charge in [0, 0.05) is 6.04 Å². The number of urea groups is 1. The van der Waals surface area contributed by atoms with Crippen molar-refractivity contribution in [2.45, 2.75) is 18.9 Å². The summed E-state index contributed by atoms with van der Waals surface area (Å²) in [5, 5.41) is 15.8. The molecule has 4 N–H and O–H groups in total. The highest BCUT2D eigenvalue weighted by atomic mass is 16.4. The number of carboxylic acids is 1. The Kier molecular flexibility index (Phi) is 4.76. The van der Waals surface area contributed by atoms with Crippen molar-refractivity contribution in [3.05, 3.63) is 35.4 Å². The molecule has 1 aromatic carbocycles. The molecule has 1 aliphatic carbocycles. The normalized spacial score (nSPS) is 13.3. The molecule has 1 aromatic rings. The van der Waals surface area contributed by atoms with Crippen molar-refractivity contribution in [2.75, 3.05) is 13.1 Å². The highest BCUT2D eigenvalue weighted by Gasteiger charge is 2.22. The first-order chi connectivity index (χ1) is 10.0. The quantitative estimate of drug-likeness (QED) is 0.595. The molecule has 0 aliphatic heterocycles. The fraction of sp³-hybridized carbons (Fsp3) is 0.357. The van der Waals surface area contributed by atoms with E-state index in [1.165, 1.54) is 11.1 Å². The lowest BCUT2D eigenvalue weighted by Gasteiger charge is -2.12. The topological polar surface area (TPSA) is 108 Å². The zero-order valence-corrected chi connectivity index (χ0v) is 11.4. The number of carbonyl (C=O) groups is 3. The van der Waals surface area contributed by atoms with Gasteiger partial charge in [0.05, 0.1) is 6.54 Å². The SMILES string of the molecule is O=C(O)CNC(=O)CNC(=O)NC1Cc2ccccc2C1. The molecule has 0 unspecified atom stereocenters. The molecule has 0 heterocycles. The maximum atomic E-state index is 11.7. The number of fused-ring (bicyclic) bond motifs is 1. The Balaban J connectivity index is 1.69. The van der Waals surface area contributed by atoms with Gasteiger partial charge in [-0.25, -0.2) is 4.79 Å². The zero-order chi connectivity index (χ0) is 15.2. The summed E-state index contributed by atoms with van der Waals surface area (Å²) in [5.41, 5.74) is 2.45. The van der Waals surface area contributed by atoms with Crippen molar-refractivity contribution in [1.82, 2.24) is 16.0 Å². The molecule has 3 amide bonds. The summed E-state index contributed by atoms with van der Waals surface area (Å²) < 4.78 is 0. The van der Waals surface area contributed by atoms with E-state index in [-0.39, 0.29) is 12.6 Å². The first kappa shape index (κ1) is 14.8. The van der Waals surface area contributed by atoms with Gasteiger partial charge in [-0.3, -0.25) is 9.59 Å². The van der Waals surface area contributed by atoms with Crippen molar-refractivity contribution >= 4 is 17.9 Å². The van der Waals surface area contributed by atoms with Gasteiger partial charge in [-0.05, 0) is 24.0 Å². The van der Waals surface area contributed by atoms with Gasteiger partial charge in [0.15, 0.2) is 0 Å². The summed E-state index contributed by atoms with van der Waals surface area (Å²) in [5.74, 6) is -1.67. The molecule has 0 saturated heterocycles. The lowest BCUT2D eigenvalue weighted by molar-refractivity contribution is -0.137. The van der Waals surface area contributed by atoms with Gasteiger partial charge in [0.2, 0.25) is 5.91 Å². The molecule has 0 fully saturated rings. The molecule has 0 atom stereocenters. The maximum absolute atomic E-state index is 11.7. The van der Waals surface area contributed by atoms with E-state index in [9.17, 15) is 14.4 Å². The van der Waals surface area contributed by atoms with E-state index >= 15 is 0 Å². The minimum Gasteiger partial charge on any atom is -0.480 e. The Labute approximate surface area is 121 Å². The Bertz CT molecular complexity index is 534. The number of carboxylic acid groups (broad SMARTS) is 1. The zero-order valence-electron chi connectivity index (χ0n) is 11.4. The molecular weight excluding hydrogens is 274 g/mol. The molecule has 112 valence electrons. The van der Waals surface area contributed by atoms with Crippen molar-refractivity contribution in [3.8, 4) is 0 Å². The van der Waals surface area contributed by atoms with Crippen LogP contribution in [0.15, 0.2) is 24.3 Å². The van der Waals surface area contributed by atoms with Crippen molar-refractivity contribution in [2.24, 2.45) is 0 Å². The van der Waals surface area contributed by atoms with Crippen LogP contribution in [-0.4, -0.2) is 42.1 Å². The van der Waals surface area contributed by atoms with Crippen LogP contribution in [0.4, 0.5) is 4.79 Å². The fourth-order valence-corrected chi connectivity index (χ4v) is 2.29. The van der Waals surface area contributed by atoms with Gasteiger partial charge in [-0.15, -0.1) is 0 Å². The standard InChI is InChI=1S/C14H17N3O4/c18-12(15-8-13(19)20)7-16-14(21)17-11-5-9-3-1-2-4-10(9)6-11/h1-4,11H,5-8H2,(H,15,18)(H,19,20)(H2,16,17,21). The Morgan fingerprint density at radius 1 is 1.05 bits per heavy atom. The summed E-state index contributed by atoms with van der Waals surface area (Å²) in [6, 6.07) is 7.59. The second-order valence-corrected chi connectivity index (χ2v) is 4.87. The van der Waals surface area contributed by atoms with Crippen molar-refractivity contribution < 1.29 is 19.5 Å². The highest BCUT2D eigenvalue weighted by Crippen LogP contribution is 2.21. The Morgan fingerprint density at radius 2 is 1.67 bits per heavy atom. The average molecular weight is 291 g/mol. The summed E-state index contributed by atoms with van der Waals surface area (Å²) in [6.45, 7) is -0.709. The highest BCUT2D eigenvalue weighted by molar-refractivity contribution is 5.86. The largest absolute Gasteiger partial charge is 0.480 e. The third kappa shape index (κ3) is 4.48. The summed E-state index contributed by atoms with van der Waals surface area (Å²) in [7, 11) is 0. The minimum absolute atomic E-state index is 0.0180. The molecule has 0 bridgehead atoms. The van der Waals surface area contributed by atoms with Crippen molar-refractivity contribution in [3.63, 3.8) is 0 Å². The van der Waals surface area contributed by atoms with Gasteiger partial charge in [0.25, 0.3) is 0 Å². The molecule has 2 rings (SSSR count). The first-order valence-corrected chi connectivity index (χ1v) is 6.64. The average Bonchev–Trinajstić information content (AvgIpc) is 2.84. The Hall–Kier alpha value is -2.57. The molecule has 21 heavy (non-hydrogen) atoms. The molecule has 0 saturated carbocycles.